The second-order valence-electron chi connectivity index (χ2n) is 6.35. The highest BCUT2D eigenvalue weighted by Crippen LogP contribution is 2.30. The fourth-order valence-electron chi connectivity index (χ4n) is 2.72. The van der Waals surface area contributed by atoms with Gasteiger partial charge in [0.05, 0.1) is 12.3 Å². The topological polar surface area (TPSA) is 72.4 Å². The van der Waals surface area contributed by atoms with Crippen molar-refractivity contribution in [1.29, 1.82) is 0 Å². The van der Waals surface area contributed by atoms with Crippen LogP contribution in [0.5, 0.6) is 0 Å². The van der Waals surface area contributed by atoms with E-state index in [1.165, 1.54) is 22.7 Å². The minimum atomic E-state index is -0.400. The van der Waals surface area contributed by atoms with E-state index in [1.807, 2.05) is 16.8 Å². The highest BCUT2D eigenvalue weighted by atomic mass is 32.1. The number of ether oxygens (including phenoxy) is 1. The molecule has 0 N–H and O–H groups in total. The van der Waals surface area contributed by atoms with Gasteiger partial charge in [-0.1, -0.05) is 31.1 Å². The molecule has 0 aliphatic carbocycles. The van der Waals surface area contributed by atoms with Gasteiger partial charge in [-0.3, -0.25) is 9.69 Å². The van der Waals surface area contributed by atoms with Crippen molar-refractivity contribution < 1.29 is 14.3 Å². The van der Waals surface area contributed by atoms with E-state index in [1.54, 1.807) is 35.5 Å². The molecule has 0 radical (unpaired) electrons. The SMILES string of the molecule is CCCCCN(C(=O)c1csc(-c2ccsc2)n1)c1nc(C)c(C(=O)OCC)s1. The number of thiophene rings is 1. The Balaban J connectivity index is 1.88. The average molecular weight is 450 g/mol. The Morgan fingerprint density at radius 3 is 2.69 bits per heavy atom. The van der Waals surface area contributed by atoms with Gasteiger partial charge in [0.25, 0.3) is 5.91 Å². The first kappa shape index (κ1) is 21.6. The summed E-state index contributed by atoms with van der Waals surface area (Å²) >= 11 is 4.25. The monoisotopic (exact) mass is 449 g/mol. The third-order valence-electron chi connectivity index (χ3n) is 4.20. The molecule has 29 heavy (non-hydrogen) atoms. The molecule has 3 aromatic heterocycles. The van der Waals surface area contributed by atoms with Crippen LogP contribution in [0.3, 0.4) is 0 Å². The standard InChI is InChI=1S/C20H23N3O3S3/c1-4-6-7-9-23(20-21-13(3)16(29-20)19(25)26-5-2)18(24)15-12-28-17(22-15)14-8-10-27-11-14/h8,10-12H,4-7,9H2,1-3H3. The zero-order chi connectivity index (χ0) is 20.8. The molecular formula is C20H23N3O3S3. The van der Waals surface area contributed by atoms with Crippen molar-refractivity contribution in [3.05, 3.63) is 38.5 Å². The summed E-state index contributed by atoms with van der Waals surface area (Å²) in [5, 5.41) is 7.13. The van der Waals surface area contributed by atoms with Crippen molar-refractivity contribution >= 4 is 51.0 Å². The van der Waals surface area contributed by atoms with E-state index >= 15 is 0 Å². The summed E-state index contributed by atoms with van der Waals surface area (Å²) in [6.07, 6.45) is 2.92. The Labute approximate surface area is 182 Å². The molecule has 0 saturated carbocycles. The molecule has 0 spiro atoms. The number of carbonyl (C=O) groups is 2. The molecule has 0 atom stereocenters. The van der Waals surface area contributed by atoms with Gasteiger partial charge in [0.15, 0.2) is 5.13 Å². The van der Waals surface area contributed by atoms with Gasteiger partial charge in [0.2, 0.25) is 0 Å². The Morgan fingerprint density at radius 1 is 1.17 bits per heavy atom. The van der Waals surface area contributed by atoms with Gasteiger partial charge in [0.1, 0.15) is 15.6 Å². The summed E-state index contributed by atoms with van der Waals surface area (Å²) in [6.45, 7) is 6.48. The number of rotatable bonds is 9. The van der Waals surface area contributed by atoms with Crippen molar-refractivity contribution in [2.75, 3.05) is 18.1 Å². The van der Waals surface area contributed by atoms with Gasteiger partial charge < -0.3 is 4.74 Å². The van der Waals surface area contributed by atoms with Gasteiger partial charge in [-0.15, -0.1) is 11.3 Å². The second-order valence-corrected chi connectivity index (χ2v) is 8.96. The molecule has 0 bridgehead atoms. The Bertz CT molecular complexity index is 963. The van der Waals surface area contributed by atoms with Crippen LogP contribution in [0.15, 0.2) is 22.2 Å². The molecule has 3 heterocycles. The van der Waals surface area contributed by atoms with Crippen molar-refractivity contribution in [2.24, 2.45) is 0 Å². The predicted octanol–water partition coefficient (Wildman–Crippen LogP) is 5.65. The zero-order valence-corrected chi connectivity index (χ0v) is 19.1. The van der Waals surface area contributed by atoms with Crippen LogP contribution >= 0.6 is 34.0 Å². The molecule has 0 aliphatic heterocycles. The summed E-state index contributed by atoms with van der Waals surface area (Å²) < 4.78 is 5.11. The molecule has 0 saturated heterocycles. The largest absolute Gasteiger partial charge is 0.462 e. The van der Waals surface area contributed by atoms with Crippen molar-refractivity contribution in [2.45, 2.75) is 40.0 Å². The highest BCUT2D eigenvalue weighted by molar-refractivity contribution is 7.17. The number of nitrogens with zero attached hydrogens (tertiary/aromatic N) is 3. The summed E-state index contributed by atoms with van der Waals surface area (Å²) in [5.41, 5.74) is 2.00. The van der Waals surface area contributed by atoms with Crippen LogP contribution in [-0.4, -0.2) is 35.0 Å². The first-order chi connectivity index (χ1) is 14.0. The van der Waals surface area contributed by atoms with Crippen LogP contribution in [0, 0.1) is 6.92 Å². The molecule has 0 unspecified atom stereocenters. The Kier molecular flexibility index (Phi) is 7.51. The lowest BCUT2D eigenvalue weighted by molar-refractivity contribution is 0.0531. The normalized spacial score (nSPS) is 10.9. The van der Waals surface area contributed by atoms with Crippen molar-refractivity contribution in [1.82, 2.24) is 9.97 Å². The lowest BCUT2D eigenvalue weighted by Gasteiger charge is -2.18. The van der Waals surface area contributed by atoms with E-state index in [9.17, 15) is 9.59 Å². The van der Waals surface area contributed by atoms with E-state index in [0.717, 1.165) is 29.8 Å². The van der Waals surface area contributed by atoms with Crippen LogP contribution in [-0.2, 0) is 4.74 Å². The first-order valence-electron chi connectivity index (χ1n) is 9.49. The molecule has 6 nitrogen and oxygen atoms in total. The number of hydrogen-bond donors (Lipinski definition) is 0. The molecule has 3 rings (SSSR count). The number of amides is 1. The number of aryl methyl sites for hydroxylation is 1. The van der Waals surface area contributed by atoms with Gasteiger partial charge in [0, 0.05) is 22.9 Å². The highest BCUT2D eigenvalue weighted by Gasteiger charge is 2.26. The van der Waals surface area contributed by atoms with Crippen molar-refractivity contribution in [3.8, 4) is 10.6 Å². The number of thiazole rings is 2. The molecule has 0 aromatic carbocycles. The maximum Gasteiger partial charge on any atom is 0.350 e. The quantitative estimate of drug-likeness (QED) is 0.312. The number of aromatic nitrogens is 2. The van der Waals surface area contributed by atoms with Crippen LogP contribution < -0.4 is 4.90 Å². The van der Waals surface area contributed by atoms with Crippen molar-refractivity contribution in [3.63, 3.8) is 0 Å². The minimum absolute atomic E-state index is 0.192. The molecule has 0 fully saturated rings. The third-order valence-corrected chi connectivity index (χ3v) is 6.93. The molecule has 9 heteroatoms. The van der Waals surface area contributed by atoms with Crippen LogP contribution in [0.1, 0.15) is 59.0 Å². The minimum Gasteiger partial charge on any atom is -0.462 e. The van der Waals surface area contributed by atoms with Crippen LogP contribution in [0.2, 0.25) is 0 Å². The van der Waals surface area contributed by atoms with Crippen LogP contribution in [0.4, 0.5) is 5.13 Å². The Hall–Kier alpha value is -2.10. The van der Waals surface area contributed by atoms with Gasteiger partial charge in [-0.2, -0.15) is 11.3 Å². The molecular weight excluding hydrogens is 426 g/mol. The molecule has 3 aromatic rings. The lowest BCUT2D eigenvalue weighted by Crippen LogP contribution is -2.32. The molecule has 1 amide bonds. The zero-order valence-electron chi connectivity index (χ0n) is 16.6. The van der Waals surface area contributed by atoms with E-state index in [-0.39, 0.29) is 5.91 Å². The number of unbranched alkanes of at least 4 members (excludes halogenated alkanes) is 2. The summed E-state index contributed by atoms with van der Waals surface area (Å²) in [4.78, 5) is 36.5. The van der Waals surface area contributed by atoms with Gasteiger partial charge >= 0.3 is 5.97 Å². The third kappa shape index (κ3) is 5.09. The average Bonchev–Trinajstić information content (AvgIpc) is 3.44. The van der Waals surface area contributed by atoms with E-state index < -0.39 is 5.97 Å². The predicted molar refractivity (Wildman–Crippen MR) is 119 cm³/mol. The number of carbonyl (C=O) groups excluding carboxylic acids is 2. The maximum absolute atomic E-state index is 13.3. The van der Waals surface area contributed by atoms with Gasteiger partial charge in [-0.05, 0) is 31.7 Å². The fraction of sp³-hybridized carbons (Fsp3) is 0.400. The smallest absolute Gasteiger partial charge is 0.350 e. The fourth-order valence-corrected chi connectivity index (χ4v) is 5.21. The number of anilines is 1. The first-order valence-corrected chi connectivity index (χ1v) is 12.1. The van der Waals surface area contributed by atoms with E-state index in [4.69, 9.17) is 4.74 Å². The van der Waals surface area contributed by atoms with Gasteiger partial charge in [-0.25, -0.2) is 14.8 Å². The van der Waals surface area contributed by atoms with E-state index in [0.29, 0.717) is 34.5 Å². The number of esters is 1. The summed E-state index contributed by atoms with van der Waals surface area (Å²) in [7, 11) is 0. The molecule has 154 valence electrons. The number of hydrogen-bond acceptors (Lipinski definition) is 8. The summed E-state index contributed by atoms with van der Waals surface area (Å²) in [5.74, 6) is -0.592. The van der Waals surface area contributed by atoms with E-state index in [2.05, 4.69) is 16.9 Å². The molecule has 0 aliphatic rings. The second kappa shape index (κ2) is 10.1. The van der Waals surface area contributed by atoms with Crippen LogP contribution in [0.25, 0.3) is 10.6 Å². The maximum atomic E-state index is 13.3. The summed E-state index contributed by atoms with van der Waals surface area (Å²) in [6, 6.07) is 1.99. The lowest BCUT2D eigenvalue weighted by atomic mass is 10.2. The Morgan fingerprint density at radius 2 is 2.00 bits per heavy atom.